The maximum Gasteiger partial charge on any atom is 0.250 e. The average Bonchev–Trinajstić information content (AvgIpc) is 2.93. The Labute approximate surface area is 126 Å². The van der Waals surface area contributed by atoms with Crippen LogP contribution in [0.25, 0.3) is 4.96 Å². The van der Waals surface area contributed by atoms with Crippen LogP contribution in [0.1, 0.15) is 23.2 Å². The molecule has 0 aliphatic rings. The van der Waals surface area contributed by atoms with Gasteiger partial charge in [-0.3, -0.25) is 9.20 Å². The lowest BCUT2D eigenvalue weighted by Gasteiger charge is -2.09. The standard InChI is InChI=1S/C15H18N4OS/c1-4-18-9-12(5-6-14(18)20)16-7-13-11(3)17-15-19(13)8-10(2)21-15/h5-6,8-9,16H,4,7H2,1-3H3. The van der Waals surface area contributed by atoms with E-state index in [1.165, 1.54) is 4.88 Å². The SMILES string of the molecule is CCn1cc(NCc2c(C)nc3sc(C)cn23)ccc1=O. The summed E-state index contributed by atoms with van der Waals surface area (Å²) in [4.78, 5) is 18.4. The molecule has 0 aliphatic carbocycles. The zero-order chi connectivity index (χ0) is 15.0. The number of fused-ring (bicyclic) bond motifs is 1. The predicted molar refractivity (Wildman–Crippen MR) is 86.2 cm³/mol. The highest BCUT2D eigenvalue weighted by Crippen LogP contribution is 2.21. The van der Waals surface area contributed by atoms with E-state index in [0.29, 0.717) is 13.1 Å². The van der Waals surface area contributed by atoms with E-state index >= 15 is 0 Å². The smallest absolute Gasteiger partial charge is 0.250 e. The first-order valence-electron chi connectivity index (χ1n) is 6.97. The molecular formula is C15H18N4OS. The number of hydrogen-bond donors (Lipinski definition) is 1. The summed E-state index contributed by atoms with van der Waals surface area (Å²) >= 11 is 1.70. The van der Waals surface area contributed by atoms with Gasteiger partial charge in [0, 0.05) is 29.9 Å². The van der Waals surface area contributed by atoms with Gasteiger partial charge in [-0.15, -0.1) is 11.3 Å². The lowest BCUT2D eigenvalue weighted by molar-refractivity contribution is 0.727. The largest absolute Gasteiger partial charge is 0.378 e. The van der Waals surface area contributed by atoms with Crippen LogP contribution in [-0.2, 0) is 13.1 Å². The summed E-state index contributed by atoms with van der Waals surface area (Å²) in [7, 11) is 0. The van der Waals surface area contributed by atoms with Gasteiger partial charge in [-0.25, -0.2) is 4.98 Å². The molecule has 0 aliphatic heterocycles. The van der Waals surface area contributed by atoms with Gasteiger partial charge in [0.05, 0.1) is 23.6 Å². The highest BCUT2D eigenvalue weighted by atomic mass is 32.1. The number of hydrogen-bond acceptors (Lipinski definition) is 4. The van der Waals surface area contributed by atoms with Crippen molar-refractivity contribution in [2.45, 2.75) is 33.9 Å². The van der Waals surface area contributed by atoms with E-state index in [2.05, 4.69) is 27.8 Å². The molecule has 0 bridgehead atoms. The molecule has 0 fully saturated rings. The lowest BCUT2D eigenvalue weighted by atomic mass is 10.3. The fraction of sp³-hybridized carbons (Fsp3) is 0.333. The van der Waals surface area contributed by atoms with Crippen molar-refractivity contribution in [3.05, 3.63) is 51.1 Å². The van der Waals surface area contributed by atoms with Crippen LogP contribution in [0.4, 0.5) is 5.69 Å². The number of imidazole rings is 1. The maximum absolute atomic E-state index is 11.6. The minimum Gasteiger partial charge on any atom is -0.378 e. The molecule has 3 heterocycles. The minimum absolute atomic E-state index is 0.0273. The van der Waals surface area contributed by atoms with Crippen LogP contribution in [0.5, 0.6) is 0 Å². The monoisotopic (exact) mass is 302 g/mol. The maximum atomic E-state index is 11.6. The topological polar surface area (TPSA) is 51.3 Å². The van der Waals surface area contributed by atoms with Crippen molar-refractivity contribution in [1.82, 2.24) is 14.0 Å². The molecule has 0 atom stereocenters. The Morgan fingerprint density at radius 1 is 1.29 bits per heavy atom. The van der Waals surface area contributed by atoms with E-state index in [4.69, 9.17) is 0 Å². The summed E-state index contributed by atoms with van der Waals surface area (Å²) < 4.78 is 3.83. The second-order valence-electron chi connectivity index (χ2n) is 5.03. The zero-order valence-corrected chi connectivity index (χ0v) is 13.2. The van der Waals surface area contributed by atoms with Gasteiger partial charge in [0.15, 0.2) is 4.96 Å². The number of rotatable bonds is 4. The number of nitrogens with zero attached hydrogens (tertiary/aromatic N) is 3. The molecule has 1 N–H and O–H groups in total. The van der Waals surface area contributed by atoms with Crippen molar-refractivity contribution >= 4 is 22.0 Å². The molecular weight excluding hydrogens is 284 g/mol. The Bertz CT molecular complexity index is 843. The van der Waals surface area contributed by atoms with Crippen molar-refractivity contribution in [1.29, 1.82) is 0 Å². The first-order chi connectivity index (χ1) is 10.1. The van der Waals surface area contributed by atoms with Crippen molar-refractivity contribution < 1.29 is 0 Å². The highest BCUT2D eigenvalue weighted by Gasteiger charge is 2.10. The van der Waals surface area contributed by atoms with E-state index in [0.717, 1.165) is 22.0 Å². The Balaban J connectivity index is 1.86. The summed E-state index contributed by atoms with van der Waals surface area (Å²) in [6.07, 6.45) is 3.97. The molecule has 0 saturated carbocycles. The van der Waals surface area contributed by atoms with Crippen LogP contribution in [0.3, 0.4) is 0 Å². The highest BCUT2D eigenvalue weighted by molar-refractivity contribution is 7.17. The van der Waals surface area contributed by atoms with E-state index in [-0.39, 0.29) is 5.56 Å². The molecule has 3 aromatic rings. The van der Waals surface area contributed by atoms with Crippen molar-refractivity contribution in [2.24, 2.45) is 0 Å². The summed E-state index contributed by atoms with van der Waals surface area (Å²) in [6, 6.07) is 3.42. The zero-order valence-electron chi connectivity index (χ0n) is 12.4. The predicted octanol–water partition coefficient (Wildman–Crippen LogP) is 2.81. The Morgan fingerprint density at radius 2 is 2.10 bits per heavy atom. The lowest BCUT2D eigenvalue weighted by Crippen LogP contribution is -2.18. The number of thiazole rings is 1. The molecule has 0 radical (unpaired) electrons. The molecule has 0 saturated heterocycles. The van der Waals surface area contributed by atoms with E-state index in [9.17, 15) is 4.79 Å². The fourth-order valence-corrected chi connectivity index (χ4v) is 3.28. The van der Waals surface area contributed by atoms with E-state index in [1.807, 2.05) is 26.1 Å². The molecule has 21 heavy (non-hydrogen) atoms. The molecule has 0 spiro atoms. The Hall–Kier alpha value is -2.08. The van der Waals surface area contributed by atoms with Gasteiger partial charge in [-0.05, 0) is 26.8 Å². The van der Waals surface area contributed by atoms with E-state index < -0.39 is 0 Å². The number of nitrogens with one attached hydrogen (secondary N) is 1. The molecule has 110 valence electrons. The summed E-state index contributed by atoms with van der Waals surface area (Å²) in [5.74, 6) is 0. The second-order valence-corrected chi connectivity index (χ2v) is 6.25. The quantitative estimate of drug-likeness (QED) is 0.806. The van der Waals surface area contributed by atoms with Gasteiger partial charge in [-0.1, -0.05) is 0 Å². The molecule has 0 amide bonds. The van der Waals surface area contributed by atoms with Crippen molar-refractivity contribution in [2.75, 3.05) is 5.32 Å². The molecule has 0 aromatic carbocycles. The first-order valence-corrected chi connectivity index (χ1v) is 7.78. The Morgan fingerprint density at radius 3 is 2.86 bits per heavy atom. The molecule has 6 heteroatoms. The van der Waals surface area contributed by atoms with E-state index in [1.54, 1.807) is 22.0 Å². The Kier molecular flexibility index (Phi) is 3.55. The van der Waals surface area contributed by atoms with Crippen LogP contribution in [0.15, 0.2) is 29.3 Å². The molecule has 5 nitrogen and oxygen atoms in total. The summed E-state index contributed by atoms with van der Waals surface area (Å²) in [6.45, 7) is 7.44. The first kappa shape index (κ1) is 13.9. The van der Waals surface area contributed by atoms with Gasteiger partial charge >= 0.3 is 0 Å². The van der Waals surface area contributed by atoms with Crippen LogP contribution < -0.4 is 10.9 Å². The molecule has 3 aromatic heterocycles. The average molecular weight is 302 g/mol. The molecule has 0 unspecified atom stereocenters. The van der Waals surface area contributed by atoms with Crippen molar-refractivity contribution in [3.8, 4) is 0 Å². The van der Waals surface area contributed by atoms with Gasteiger partial charge in [0.25, 0.3) is 5.56 Å². The number of aryl methyl sites for hydroxylation is 3. The second kappa shape index (κ2) is 5.37. The normalized spacial score (nSPS) is 11.2. The van der Waals surface area contributed by atoms with Crippen LogP contribution in [-0.4, -0.2) is 14.0 Å². The number of aromatic nitrogens is 3. The summed E-state index contributed by atoms with van der Waals surface area (Å²) in [5.41, 5.74) is 3.17. The number of pyridine rings is 1. The summed E-state index contributed by atoms with van der Waals surface area (Å²) in [5, 5.41) is 3.38. The third-order valence-electron chi connectivity index (χ3n) is 3.53. The minimum atomic E-state index is 0.0273. The fourth-order valence-electron chi connectivity index (χ4n) is 2.39. The van der Waals surface area contributed by atoms with Crippen LogP contribution in [0.2, 0.25) is 0 Å². The van der Waals surface area contributed by atoms with Gasteiger partial charge in [0.1, 0.15) is 0 Å². The third kappa shape index (κ3) is 2.58. The van der Waals surface area contributed by atoms with Crippen molar-refractivity contribution in [3.63, 3.8) is 0 Å². The van der Waals surface area contributed by atoms with Gasteiger partial charge < -0.3 is 9.88 Å². The van der Waals surface area contributed by atoms with Crippen LogP contribution in [0, 0.1) is 13.8 Å². The van der Waals surface area contributed by atoms with Gasteiger partial charge in [-0.2, -0.15) is 0 Å². The third-order valence-corrected chi connectivity index (χ3v) is 4.42. The van der Waals surface area contributed by atoms with Gasteiger partial charge in [0.2, 0.25) is 0 Å². The van der Waals surface area contributed by atoms with Crippen LogP contribution >= 0.6 is 11.3 Å². The number of anilines is 1. The molecule has 3 rings (SSSR count).